The number of rotatable bonds is 7. The van der Waals surface area contributed by atoms with Gasteiger partial charge in [-0.3, -0.25) is 14.5 Å². The van der Waals surface area contributed by atoms with Crippen molar-refractivity contribution in [2.45, 2.75) is 25.4 Å². The van der Waals surface area contributed by atoms with E-state index in [9.17, 15) is 9.59 Å². The number of nitrogens with one attached hydrogen (secondary N) is 1. The fourth-order valence-electron chi connectivity index (χ4n) is 4.18. The van der Waals surface area contributed by atoms with E-state index in [0.717, 1.165) is 24.0 Å². The smallest absolute Gasteiger partial charge is 0.250 e. The van der Waals surface area contributed by atoms with Crippen molar-refractivity contribution < 1.29 is 9.59 Å². The summed E-state index contributed by atoms with van der Waals surface area (Å²) < 4.78 is 1.79. The number of para-hydroxylation sites is 1. The van der Waals surface area contributed by atoms with Crippen molar-refractivity contribution in [2.75, 3.05) is 19.6 Å². The summed E-state index contributed by atoms with van der Waals surface area (Å²) in [6.45, 7) is 2.82. The molecule has 1 atom stereocenters. The number of primary amides is 1. The Balaban J connectivity index is 1.48. The molecule has 0 aliphatic carbocycles. The average molecular weight is 390 g/mol. The summed E-state index contributed by atoms with van der Waals surface area (Å²) >= 11 is 0. The largest absolute Gasteiger partial charge is 0.366 e. The van der Waals surface area contributed by atoms with Gasteiger partial charge in [-0.1, -0.05) is 48.5 Å². The summed E-state index contributed by atoms with van der Waals surface area (Å²) in [5, 5.41) is 3.86. The lowest BCUT2D eigenvalue weighted by Crippen LogP contribution is -2.38. The van der Waals surface area contributed by atoms with Crippen LogP contribution in [0.5, 0.6) is 0 Å². The second kappa shape index (κ2) is 8.49. The number of hydrogen-bond donors (Lipinski definition) is 2. The number of nitrogens with two attached hydrogens (primary N) is 1. The molecule has 4 rings (SSSR count). The van der Waals surface area contributed by atoms with Crippen LogP contribution in [0.3, 0.4) is 0 Å². The maximum Gasteiger partial charge on any atom is 0.250 e. The quantitative estimate of drug-likeness (QED) is 0.651. The van der Waals surface area contributed by atoms with Crippen molar-refractivity contribution in [3.05, 3.63) is 71.9 Å². The van der Waals surface area contributed by atoms with Gasteiger partial charge in [0.15, 0.2) is 0 Å². The van der Waals surface area contributed by atoms with Crippen molar-refractivity contribution in [3.63, 3.8) is 0 Å². The van der Waals surface area contributed by atoms with Crippen molar-refractivity contribution in [2.24, 2.45) is 5.73 Å². The standard InChI is InChI=1S/C23H26N4O2/c24-23(29)19-15-27(20-11-5-4-10-18(19)20)16-22(28)25-14-21(26-12-6-7-13-26)17-8-2-1-3-9-17/h1-5,8-11,15,21H,6-7,12-14,16H2,(H2,24,29)(H,25,28)/t21-/m0/s1. The highest BCUT2D eigenvalue weighted by molar-refractivity contribution is 6.06. The van der Waals surface area contributed by atoms with Crippen LogP contribution in [0.25, 0.3) is 10.9 Å². The lowest BCUT2D eigenvalue weighted by Gasteiger charge is -2.28. The van der Waals surface area contributed by atoms with Crippen molar-refractivity contribution in [3.8, 4) is 0 Å². The Kier molecular flexibility index (Phi) is 5.62. The first-order valence-corrected chi connectivity index (χ1v) is 10.1. The molecule has 2 aromatic carbocycles. The third-order valence-corrected chi connectivity index (χ3v) is 5.63. The molecule has 0 bridgehead atoms. The molecule has 29 heavy (non-hydrogen) atoms. The van der Waals surface area contributed by atoms with Gasteiger partial charge in [-0.05, 0) is 37.6 Å². The Morgan fingerprint density at radius 3 is 2.41 bits per heavy atom. The van der Waals surface area contributed by atoms with Gasteiger partial charge in [0, 0.05) is 23.6 Å². The maximum atomic E-state index is 12.7. The SMILES string of the molecule is NC(=O)c1cn(CC(=O)NC[C@@H](c2ccccc2)N2CCCC2)c2ccccc12. The van der Waals surface area contributed by atoms with Crippen molar-refractivity contribution >= 4 is 22.7 Å². The van der Waals surface area contributed by atoms with E-state index in [1.54, 1.807) is 10.8 Å². The van der Waals surface area contributed by atoms with Crippen LogP contribution in [-0.4, -0.2) is 40.9 Å². The number of aromatic nitrogens is 1. The van der Waals surface area contributed by atoms with Gasteiger partial charge in [0.05, 0.1) is 11.6 Å². The highest BCUT2D eigenvalue weighted by atomic mass is 16.2. The predicted octanol–water partition coefficient (Wildman–Crippen LogP) is 2.69. The van der Waals surface area contributed by atoms with Crippen LogP contribution in [0, 0.1) is 0 Å². The van der Waals surface area contributed by atoms with E-state index in [4.69, 9.17) is 5.73 Å². The summed E-state index contributed by atoms with van der Waals surface area (Å²) in [7, 11) is 0. The van der Waals surface area contributed by atoms with Crippen LogP contribution in [-0.2, 0) is 11.3 Å². The molecule has 0 saturated carbocycles. The van der Waals surface area contributed by atoms with Gasteiger partial charge in [-0.2, -0.15) is 0 Å². The first-order chi connectivity index (χ1) is 14.1. The molecule has 6 heteroatoms. The first kappa shape index (κ1) is 19.2. The van der Waals surface area contributed by atoms with Gasteiger partial charge in [0.1, 0.15) is 6.54 Å². The summed E-state index contributed by atoms with van der Waals surface area (Å²) in [6.07, 6.45) is 4.06. The number of carbonyl (C=O) groups is 2. The fourth-order valence-corrected chi connectivity index (χ4v) is 4.18. The lowest BCUT2D eigenvalue weighted by atomic mass is 10.1. The van der Waals surface area contributed by atoms with Crippen LogP contribution in [0.2, 0.25) is 0 Å². The normalized spacial score (nSPS) is 15.4. The van der Waals surface area contributed by atoms with Crippen LogP contribution >= 0.6 is 0 Å². The van der Waals surface area contributed by atoms with Gasteiger partial charge in [-0.25, -0.2) is 0 Å². The first-order valence-electron chi connectivity index (χ1n) is 10.1. The molecule has 3 N–H and O–H groups in total. The molecule has 0 spiro atoms. The van der Waals surface area contributed by atoms with E-state index >= 15 is 0 Å². The van der Waals surface area contributed by atoms with Gasteiger partial charge >= 0.3 is 0 Å². The molecule has 2 heterocycles. The molecule has 1 aromatic heterocycles. The monoisotopic (exact) mass is 390 g/mol. The van der Waals surface area contributed by atoms with E-state index in [1.165, 1.54) is 18.4 Å². The molecule has 1 aliphatic heterocycles. The molecule has 2 amide bonds. The number of fused-ring (bicyclic) bond motifs is 1. The molecule has 1 saturated heterocycles. The van der Waals surface area contributed by atoms with E-state index in [-0.39, 0.29) is 18.5 Å². The molecule has 3 aromatic rings. The molecule has 6 nitrogen and oxygen atoms in total. The molecule has 0 radical (unpaired) electrons. The Labute approximate surface area is 170 Å². The molecule has 150 valence electrons. The summed E-state index contributed by atoms with van der Waals surface area (Å²) in [5.41, 5.74) is 7.98. The Morgan fingerprint density at radius 2 is 1.69 bits per heavy atom. The Bertz CT molecular complexity index is 1010. The molecular weight excluding hydrogens is 364 g/mol. The summed E-state index contributed by atoms with van der Waals surface area (Å²) in [6, 6.07) is 18.0. The van der Waals surface area contributed by atoms with Crippen LogP contribution < -0.4 is 11.1 Å². The van der Waals surface area contributed by atoms with Crippen molar-refractivity contribution in [1.29, 1.82) is 0 Å². The number of benzene rings is 2. The lowest BCUT2D eigenvalue weighted by molar-refractivity contribution is -0.121. The second-order valence-corrected chi connectivity index (χ2v) is 7.53. The second-order valence-electron chi connectivity index (χ2n) is 7.53. The number of amides is 2. The van der Waals surface area contributed by atoms with Crippen molar-refractivity contribution in [1.82, 2.24) is 14.8 Å². The van der Waals surface area contributed by atoms with Crippen LogP contribution in [0.15, 0.2) is 60.8 Å². The fraction of sp³-hybridized carbons (Fsp3) is 0.304. The molecular formula is C23H26N4O2. The number of hydrogen-bond acceptors (Lipinski definition) is 3. The van der Waals surface area contributed by atoms with E-state index < -0.39 is 5.91 Å². The van der Waals surface area contributed by atoms with Crippen LogP contribution in [0.1, 0.15) is 34.8 Å². The maximum absolute atomic E-state index is 12.7. The highest BCUT2D eigenvalue weighted by Gasteiger charge is 2.24. The Hall–Kier alpha value is -3.12. The predicted molar refractivity (Wildman–Crippen MR) is 113 cm³/mol. The minimum Gasteiger partial charge on any atom is -0.366 e. The summed E-state index contributed by atoms with van der Waals surface area (Å²) in [4.78, 5) is 26.9. The Morgan fingerprint density at radius 1 is 1.00 bits per heavy atom. The molecule has 1 fully saturated rings. The minimum atomic E-state index is -0.487. The third kappa shape index (κ3) is 4.17. The summed E-state index contributed by atoms with van der Waals surface area (Å²) in [5.74, 6) is -0.569. The topological polar surface area (TPSA) is 80.4 Å². The molecule has 0 unspecified atom stereocenters. The van der Waals surface area contributed by atoms with Gasteiger partial charge in [0.25, 0.3) is 5.91 Å². The minimum absolute atomic E-state index is 0.0816. The van der Waals surface area contributed by atoms with E-state index in [1.807, 2.05) is 42.5 Å². The zero-order valence-corrected chi connectivity index (χ0v) is 16.4. The zero-order chi connectivity index (χ0) is 20.2. The number of nitrogens with zero attached hydrogens (tertiary/aromatic N) is 2. The van der Waals surface area contributed by atoms with E-state index in [0.29, 0.717) is 12.1 Å². The van der Waals surface area contributed by atoms with Crippen LogP contribution in [0.4, 0.5) is 0 Å². The zero-order valence-electron chi connectivity index (χ0n) is 16.4. The third-order valence-electron chi connectivity index (χ3n) is 5.63. The highest BCUT2D eigenvalue weighted by Crippen LogP contribution is 2.25. The van der Waals surface area contributed by atoms with Gasteiger partial charge in [-0.15, -0.1) is 0 Å². The average Bonchev–Trinajstić information content (AvgIpc) is 3.38. The van der Waals surface area contributed by atoms with Gasteiger partial charge < -0.3 is 15.6 Å². The number of likely N-dealkylation sites (tertiary alicyclic amines) is 1. The number of carbonyl (C=O) groups excluding carboxylic acids is 2. The van der Waals surface area contributed by atoms with Gasteiger partial charge in [0.2, 0.25) is 5.91 Å². The van der Waals surface area contributed by atoms with E-state index in [2.05, 4.69) is 22.3 Å². The molecule has 1 aliphatic rings.